The van der Waals surface area contributed by atoms with Gasteiger partial charge in [-0.2, -0.15) is 0 Å². The highest BCUT2D eigenvalue weighted by Crippen LogP contribution is 2.22. The van der Waals surface area contributed by atoms with Crippen LogP contribution in [0, 0.1) is 11.8 Å². The van der Waals surface area contributed by atoms with Crippen molar-refractivity contribution in [3.05, 3.63) is 0 Å². The van der Waals surface area contributed by atoms with E-state index < -0.39 is 0 Å². The van der Waals surface area contributed by atoms with Crippen molar-refractivity contribution >= 4 is 5.78 Å². The van der Waals surface area contributed by atoms with E-state index in [1.165, 1.54) is 38.9 Å². The van der Waals surface area contributed by atoms with Crippen LogP contribution in [0.4, 0.5) is 0 Å². The number of nitrogens with zero attached hydrogens (tertiary/aromatic N) is 1. The fraction of sp³-hybridized carbons (Fsp3) is 0.933. The van der Waals surface area contributed by atoms with Gasteiger partial charge in [-0.15, -0.1) is 0 Å². The monoisotopic (exact) mass is 241 g/mol. The summed E-state index contributed by atoms with van der Waals surface area (Å²) in [6, 6.07) is 0. The number of piperidine rings is 1. The third kappa shape index (κ3) is 6.82. The van der Waals surface area contributed by atoms with Crippen LogP contribution in [0.3, 0.4) is 0 Å². The molecule has 17 heavy (non-hydrogen) atoms. The van der Waals surface area contributed by atoms with Crippen molar-refractivity contribution in [1.29, 1.82) is 0 Å². The Kier molecular flexibility index (Phi) is 9.43. The molecule has 0 atom stereocenters. The highest BCUT2D eigenvalue weighted by atomic mass is 16.1. The predicted octanol–water partition coefficient (Wildman–Crippen LogP) is 3.75. The third-order valence-corrected chi connectivity index (χ3v) is 3.38. The highest BCUT2D eigenvalue weighted by molar-refractivity contribution is 5.80. The number of Topliss-reactive ketones (excluding diaryl/α,β-unsaturated/α-hetero) is 1. The first-order chi connectivity index (χ1) is 8.13. The zero-order chi connectivity index (χ0) is 13.3. The van der Waals surface area contributed by atoms with E-state index >= 15 is 0 Å². The standard InChI is InChI=1S/C13H25NO.C2H6/c1-4-7-14-8-5-12(6-9-14)10-13(15)11(2)3;1-2/h11-12H,4-10H2,1-3H3;1-2H3. The molecular formula is C15H31NO. The number of hydrogen-bond donors (Lipinski definition) is 0. The average Bonchev–Trinajstić information content (AvgIpc) is 2.34. The van der Waals surface area contributed by atoms with Crippen LogP contribution in [-0.4, -0.2) is 30.3 Å². The summed E-state index contributed by atoms with van der Waals surface area (Å²) in [5.41, 5.74) is 0. The second kappa shape index (κ2) is 9.64. The Morgan fingerprint density at radius 2 is 1.76 bits per heavy atom. The molecule has 0 N–H and O–H groups in total. The lowest BCUT2D eigenvalue weighted by Gasteiger charge is -2.31. The third-order valence-electron chi connectivity index (χ3n) is 3.38. The van der Waals surface area contributed by atoms with E-state index in [0.29, 0.717) is 11.7 Å². The summed E-state index contributed by atoms with van der Waals surface area (Å²) in [5, 5.41) is 0. The lowest BCUT2D eigenvalue weighted by Crippen LogP contribution is -2.35. The van der Waals surface area contributed by atoms with Crippen LogP contribution in [-0.2, 0) is 4.79 Å². The number of hydrogen-bond acceptors (Lipinski definition) is 2. The van der Waals surface area contributed by atoms with Gasteiger partial charge in [0.25, 0.3) is 0 Å². The zero-order valence-corrected chi connectivity index (χ0v) is 12.5. The molecule has 0 aromatic carbocycles. The van der Waals surface area contributed by atoms with E-state index in [0.717, 1.165) is 6.42 Å². The van der Waals surface area contributed by atoms with Gasteiger partial charge in [0.15, 0.2) is 0 Å². The van der Waals surface area contributed by atoms with Crippen molar-refractivity contribution in [3.8, 4) is 0 Å². The lowest BCUT2D eigenvalue weighted by atomic mass is 9.89. The quantitative estimate of drug-likeness (QED) is 0.730. The van der Waals surface area contributed by atoms with Crippen molar-refractivity contribution < 1.29 is 4.79 Å². The molecule has 0 amide bonds. The summed E-state index contributed by atoms with van der Waals surface area (Å²) in [4.78, 5) is 14.1. The maximum absolute atomic E-state index is 11.6. The van der Waals surface area contributed by atoms with Gasteiger partial charge in [0.1, 0.15) is 5.78 Å². The fourth-order valence-corrected chi connectivity index (χ4v) is 2.25. The molecule has 102 valence electrons. The summed E-state index contributed by atoms with van der Waals surface area (Å²) >= 11 is 0. The van der Waals surface area contributed by atoms with Crippen LogP contribution in [0.1, 0.15) is 60.3 Å². The molecule has 1 heterocycles. The molecule has 2 nitrogen and oxygen atoms in total. The van der Waals surface area contributed by atoms with Gasteiger partial charge in [-0.05, 0) is 44.8 Å². The summed E-state index contributed by atoms with van der Waals surface area (Å²) in [7, 11) is 0. The maximum Gasteiger partial charge on any atom is 0.135 e. The van der Waals surface area contributed by atoms with Crippen LogP contribution >= 0.6 is 0 Å². The number of ketones is 1. The second-order valence-corrected chi connectivity index (χ2v) is 5.11. The summed E-state index contributed by atoms with van der Waals surface area (Å²) in [6.07, 6.45) is 4.50. The van der Waals surface area contributed by atoms with Gasteiger partial charge < -0.3 is 4.90 Å². The predicted molar refractivity (Wildman–Crippen MR) is 75.3 cm³/mol. The Morgan fingerprint density at radius 3 is 2.18 bits per heavy atom. The van der Waals surface area contributed by atoms with E-state index in [9.17, 15) is 4.79 Å². The second-order valence-electron chi connectivity index (χ2n) is 5.11. The molecule has 0 aromatic heterocycles. The Balaban J connectivity index is 0.00000121. The molecule has 0 unspecified atom stereocenters. The minimum atomic E-state index is 0.221. The minimum Gasteiger partial charge on any atom is -0.303 e. The van der Waals surface area contributed by atoms with E-state index in [1.54, 1.807) is 0 Å². The fourth-order valence-electron chi connectivity index (χ4n) is 2.25. The van der Waals surface area contributed by atoms with Gasteiger partial charge in [-0.25, -0.2) is 0 Å². The molecule has 0 aliphatic carbocycles. The SMILES string of the molecule is CC.CCCN1CCC(CC(=O)C(C)C)CC1. The smallest absolute Gasteiger partial charge is 0.135 e. The first-order valence-corrected chi connectivity index (χ1v) is 7.38. The number of rotatable bonds is 5. The molecule has 0 aromatic rings. The summed E-state index contributed by atoms with van der Waals surface area (Å²) in [6.45, 7) is 13.9. The molecule has 1 saturated heterocycles. The number of carbonyl (C=O) groups excluding carboxylic acids is 1. The van der Waals surface area contributed by atoms with Crippen LogP contribution in [0.15, 0.2) is 0 Å². The molecule has 0 saturated carbocycles. The summed E-state index contributed by atoms with van der Waals surface area (Å²) < 4.78 is 0. The van der Waals surface area contributed by atoms with Crippen molar-refractivity contribution in [2.24, 2.45) is 11.8 Å². The number of carbonyl (C=O) groups is 1. The van der Waals surface area contributed by atoms with Gasteiger partial charge in [-0.3, -0.25) is 4.79 Å². The molecule has 1 aliphatic heterocycles. The minimum absolute atomic E-state index is 0.221. The molecule has 0 spiro atoms. The van der Waals surface area contributed by atoms with Crippen molar-refractivity contribution in [2.45, 2.75) is 60.3 Å². The Bertz CT molecular complexity index is 193. The molecule has 1 aliphatic rings. The average molecular weight is 241 g/mol. The van der Waals surface area contributed by atoms with Gasteiger partial charge in [0.05, 0.1) is 0 Å². The normalized spacial score (nSPS) is 17.8. The van der Waals surface area contributed by atoms with Crippen molar-refractivity contribution in [1.82, 2.24) is 4.90 Å². The van der Waals surface area contributed by atoms with Gasteiger partial charge in [-0.1, -0.05) is 34.6 Å². The van der Waals surface area contributed by atoms with Crippen LogP contribution in [0.5, 0.6) is 0 Å². The van der Waals surface area contributed by atoms with Crippen molar-refractivity contribution in [2.75, 3.05) is 19.6 Å². The van der Waals surface area contributed by atoms with E-state index in [-0.39, 0.29) is 5.92 Å². The Hall–Kier alpha value is -0.370. The molecule has 0 bridgehead atoms. The zero-order valence-electron chi connectivity index (χ0n) is 12.5. The van der Waals surface area contributed by atoms with E-state index in [2.05, 4.69) is 11.8 Å². The highest BCUT2D eigenvalue weighted by Gasteiger charge is 2.21. The van der Waals surface area contributed by atoms with Crippen molar-refractivity contribution in [3.63, 3.8) is 0 Å². The first kappa shape index (κ1) is 16.6. The summed E-state index contributed by atoms with van der Waals surface area (Å²) in [5.74, 6) is 1.33. The largest absolute Gasteiger partial charge is 0.303 e. The van der Waals surface area contributed by atoms with E-state index in [4.69, 9.17) is 0 Å². The topological polar surface area (TPSA) is 20.3 Å². The van der Waals surface area contributed by atoms with E-state index in [1.807, 2.05) is 27.7 Å². The van der Waals surface area contributed by atoms with Gasteiger partial charge in [0.2, 0.25) is 0 Å². The van der Waals surface area contributed by atoms with Crippen LogP contribution < -0.4 is 0 Å². The first-order valence-electron chi connectivity index (χ1n) is 7.38. The van der Waals surface area contributed by atoms with Gasteiger partial charge >= 0.3 is 0 Å². The van der Waals surface area contributed by atoms with Crippen LogP contribution in [0.2, 0.25) is 0 Å². The van der Waals surface area contributed by atoms with Gasteiger partial charge in [0, 0.05) is 12.3 Å². The lowest BCUT2D eigenvalue weighted by molar-refractivity contribution is -0.123. The maximum atomic E-state index is 11.6. The molecular weight excluding hydrogens is 210 g/mol. The molecule has 2 heteroatoms. The Labute approximate surface area is 108 Å². The molecule has 1 rings (SSSR count). The number of likely N-dealkylation sites (tertiary alicyclic amines) is 1. The molecule has 0 radical (unpaired) electrons. The molecule has 1 fully saturated rings. The van der Waals surface area contributed by atoms with Crippen LogP contribution in [0.25, 0.3) is 0 Å². The Morgan fingerprint density at radius 1 is 1.24 bits per heavy atom.